The molecule has 2 aromatic heterocycles. The number of methoxy groups -OCH3 is 2. The quantitative estimate of drug-likeness (QED) is 0.443. The zero-order chi connectivity index (χ0) is 26.3. The molecule has 1 fully saturated rings. The number of H-pyrrole nitrogens is 1. The number of aliphatic hydroxyl groups excluding tert-OH is 1. The number of hydrogen-bond donors (Lipinski definition) is 3. The first-order valence-electron chi connectivity index (χ1n) is 12.1. The number of piperazine rings is 1. The van der Waals surface area contributed by atoms with Gasteiger partial charge >= 0.3 is 6.03 Å². The fraction of sp³-hybridized carbons (Fsp3) is 0.440. The number of rotatable bonds is 7. The number of carbonyl (C=O) groups excluding carboxylic acids is 1. The van der Waals surface area contributed by atoms with E-state index in [1.807, 2.05) is 6.07 Å². The maximum atomic E-state index is 15.2. The topological polar surface area (TPSA) is 106 Å². The molecule has 1 atom stereocenters. The summed E-state index contributed by atoms with van der Waals surface area (Å²) >= 11 is 0. The molecule has 0 aliphatic carbocycles. The third-order valence-corrected chi connectivity index (χ3v) is 7.07. The second-order valence-electron chi connectivity index (χ2n) is 9.22. The van der Waals surface area contributed by atoms with Crippen LogP contribution in [0.15, 0.2) is 18.3 Å². The number of carbonyl (C=O) groups is 1. The minimum Gasteiger partial charge on any atom is -0.493 e. The molecule has 5 rings (SSSR count). The van der Waals surface area contributed by atoms with Crippen LogP contribution in [0.2, 0.25) is 0 Å². The number of hydrogen-bond acceptors (Lipinski definition) is 7. The van der Waals surface area contributed by atoms with Gasteiger partial charge in [0.2, 0.25) is 0 Å². The van der Waals surface area contributed by atoms with E-state index in [4.69, 9.17) is 9.47 Å². The maximum absolute atomic E-state index is 15.2. The standard InChI is InChI=1S/C25H30F2N6O4/c1-31-22-14(12-33(25(31)35)23-20(26)18(36-2)9-19(37-3)21(23)27)10-29-24-17(22)8-15(30-24)13-32-6-5-28-11-16(32)4-7-34/h8-10,16,28,34H,4-7,11-13H2,1-3H3,(H,29,30). The van der Waals surface area contributed by atoms with E-state index in [0.29, 0.717) is 29.9 Å². The molecular weight excluding hydrogens is 486 g/mol. The summed E-state index contributed by atoms with van der Waals surface area (Å²) in [6, 6.07) is 2.69. The molecule has 2 amide bonds. The Kier molecular flexibility index (Phi) is 6.88. The minimum atomic E-state index is -0.988. The summed E-state index contributed by atoms with van der Waals surface area (Å²) in [6.45, 7) is 3.20. The van der Waals surface area contributed by atoms with E-state index >= 15 is 8.78 Å². The van der Waals surface area contributed by atoms with E-state index in [0.717, 1.165) is 41.7 Å². The van der Waals surface area contributed by atoms with Crippen molar-refractivity contribution >= 4 is 28.4 Å². The molecule has 12 heteroatoms. The van der Waals surface area contributed by atoms with Gasteiger partial charge in [-0.1, -0.05) is 0 Å². The number of nitrogens with zero attached hydrogens (tertiary/aromatic N) is 4. The lowest BCUT2D eigenvalue weighted by atomic mass is 10.1. The van der Waals surface area contributed by atoms with Crippen molar-refractivity contribution in [1.29, 1.82) is 0 Å². The Bertz CT molecular complexity index is 1300. The molecule has 4 heterocycles. The number of benzene rings is 1. The van der Waals surface area contributed by atoms with Crippen LogP contribution < -0.4 is 24.6 Å². The van der Waals surface area contributed by atoms with Gasteiger partial charge in [0.15, 0.2) is 23.1 Å². The molecule has 0 bridgehead atoms. The zero-order valence-corrected chi connectivity index (χ0v) is 21.0. The van der Waals surface area contributed by atoms with Gasteiger partial charge in [0, 0.05) is 74.8 Å². The summed E-state index contributed by atoms with van der Waals surface area (Å²) in [5.74, 6) is -2.44. The summed E-state index contributed by atoms with van der Waals surface area (Å²) in [4.78, 5) is 26.0. The average Bonchev–Trinajstić information content (AvgIpc) is 3.30. The number of urea groups is 1. The Balaban J connectivity index is 1.51. The van der Waals surface area contributed by atoms with Gasteiger partial charge in [-0.05, 0) is 12.5 Å². The van der Waals surface area contributed by atoms with Gasteiger partial charge in [0.05, 0.1) is 26.5 Å². The van der Waals surface area contributed by atoms with Crippen molar-refractivity contribution in [3.8, 4) is 11.5 Å². The Morgan fingerprint density at radius 3 is 2.57 bits per heavy atom. The molecule has 0 saturated carbocycles. The normalized spacial score (nSPS) is 18.4. The molecule has 10 nitrogen and oxygen atoms in total. The molecule has 1 saturated heterocycles. The monoisotopic (exact) mass is 516 g/mol. The van der Waals surface area contributed by atoms with Crippen LogP contribution in [-0.2, 0) is 13.1 Å². The summed E-state index contributed by atoms with van der Waals surface area (Å²) in [5.41, 5.74) is 2.29. The van der Waals surface area contributed by atoms with Crippen LogP contribution in [0.3, 0.4) is 0 Å². The number of ether oxygens (including phenoxy) is 2. The number of halogens is 2. The van der Waals surface area contributed by atoms with Crippen LogP contribution in [-0.4, -0.2) is 79.6 Å². The van der Waals surface area contributed by atoms with Gasteiger partial charge < -0.3 is 24.9 Å². The van der Waals surface area contributed by atoms with Crippen molar-refractivity contribution in [2.75, 3.05) is 57.3 Å². The van der Waals surface area contributed by atoms with Crippen LogP contribution in [0.25, 0.3) is 11.0 Å². The van der Waals surface area contributed by atoms with Gasteiger partial charge in [-0.15, -0.1) is 0 Å². The molecular formula is C25H30F2N6O4. The number of fused-ring (bicyclic) bond motifs is 3. The van der Waals surface area contributed by atoms with Crippen LogP contribution in [0, 0.1) is 11.6 Å². The van der Waals surface area contributed by atoms with E-state index < -0.39 is 23.4 Å². The molecule has 37 heavy (non-hydrogen) atoms. The fourth-order valence-corrected chi connectivity index (χ4v) is 5.22. The Morgan fingerprint density at radius 2 is 1.89 bits per heavy atom. The highest BCUT2D eigenvalue weighted by atomic mass is 19.1. The first-order valence-corrected chi connectivity index (χ1v) is 12.1. The van der Waals surface area contributed by atoms with E-state index in [2.05, 4.69) is 20.2 Å². The Labute approximate surface area is 212 Å². The van der Waals surface area contributed by atoms with E-state index in [1.54, 1.807) is 13.2 Å². The van der Waals surface area contributed by atoms with Crippen molar-refractivity contribution in [3.63, 3.8) is 0 Å². The molecule has 2 aliphatic heterocycles. The predicted molar refractivity (Wildman–Crippen MR) is 134 cm³/mol. The molecule has 1 aromatic carbocycles. The van der Waals surface area contributed by atoms with Crippen LogP contribution in [0.5, 0.6) is 11.5 Å². The molecule has 0 spiro atoms. The average molecular weight is 517 g/mol. The largest absolute Gasteiger partial charge is 0.493 e. The first kappa shape index (κ1) is 25.2. The van der Waals surface area contributed by atoms with E-state index in [-0.39, 0.29) is 30.7 Å². The molecule has 3 N–H and O–H groups in total. The molecule has 1 unspecified atom stereocenters. The summed E-state index contributed by atoms with van der Waals surface area (Å²) in [6.07, 6.45) is 2.29. The molecule has 198 valence electrons. The number of amides is 2. The summed E-state index contributed by atoms with van der Waals surface area (Å²) < 4.78 is 40.5. The lowest BCUT2D eigenvalue weighted by Crippen LogP contribution is -2.51. The van der Waals surface area contributed by atoms with Gasteiger partial charge in [0.1, 0.15) is 11.3 Å². The molecule has 2 aliphatic rings. The maximum Gasteiger partial charge on any atom is 0.329 e. The third kappa shape index (κ3) is 4.34. The van der Waals surface area contributed by atoms with Gasteiger partial charge in [-0.25, -0.2) is 18.6 Å². The van der Waals surface area contributed by atoms with Crippen LogP contribution in [0.4, 0.5) is 25.0 Å². The number of anilines is 2. The van der Waals surface area contributed by atoms with E-state index in [9.17, 15) is 9.90 Å². The zero-order valence-electron chi connectivity index (χ0n) is 21.0. The second kappa shape index (κ2) is 10.1. The predicted octanol–water partition coefficient (Wildman–Crippen LogP) is 2.59. The summed E-state index contributed by atoms with van der Waals surface area (Å²) in [7, 11) is 4.09. The van der Waals surface area contributed by atoms with Crippen molar-refractivity contribution in [3.05, 3.63) is 41.2 Å². The number of nitrogens with one attached hydrogen (secondary N) is 2. The molecule has 0 radical (unpaired) electrons. The lowest BCUT2D eigenvalue weighted by molar-refractivity contribution is 0.122. The van der Waals surface area contributed by atoms with Crippen LogP contribution in [0.1, 0.15) is 17.7 Å². The highest BCUT2D eigenvalue weighted by Gasteiger charge is 2.36. The van der Waals surface area contributed by atoms with Gasteiger partial charge in [-0.3, -0.25) is 14.7 Å². The minimum absolute atomic E-state index is 0.0809. The highest BCUT2D eigenvalue weighted by Crippen LogP contribution is 2.42. The van der Waals surface area contributed by atoms with Crippen molar-refractivity contribution < 1.29 is 28.2 Å². The number of pyridine rings is 1. The second-order valence-corrected chi connectivity index (χ2v) is 9.22. The smallest absolute Gasteiger partial charge is 0.329 e. The highest BCUT2D eigenvalue weighted by molar-refractivity contribution is 6.11. The first-order chi connectivity index (χ1) is 17.9. The SMILES string of the molecule is COc1cc(OC)c(F)c(N2Cc3cnc4[nH]c(CN5CCNCC5CCO)cc4c3N(C)C2=O)c1F. The number of aliphatic hydroxyl groups is 1. The Morgan fingerprint density at radius 1 is 1.16 bits per heavy atom. The van der Waals surface area contributed by atoms with Gasteiger partial charge in [-0.2, -0.15) is 0 Å². The van der Waals surface area contributed by atoms with Crippen molar-refractivity contribution in [1.82, 2.24) is 20.2 Å². The lowest BCUT2D eigenvalue weighted by Gasteiger charge is -2.35. The fourth-order valence-electron chi connectivity index (χ4n) is 5.22. The van der Waals surface area contributed by atoms with Crippen molar-refractivity contribution in [2.45, 2.75) is 25.6 Å². The van der Waals surface area contributed by atoms with Gasteiger partial charge in [0.25, 0.3) is 0 Å². The Hall–Kier alpha value is -3.48. The van der Waals surface area contributed by atoms with Crippen molar-refractivity contribution in [2.24, 2.45) is 0 Å². The number of aromatic nitrogens is 2. The summed E-state index contributed by atoms with van der Waals surface area (Å²) in [5, 5.41) is 13.5. The number of aromatic amines is 1. The molecule has 3 aromatic rings. The van der Waals surface area contributed by atoms with Crippen LogP contribution >= 0.6 is 0 Å². The van der Waals surface area contributed by atoms with E-state index in [1.165, 1.54) is 19.1 Å². The third-order valence-electron chi connectivity index (χ3n) is 7.07.